The van der Waals surface area contributed by atoms with Crippen LogP contribution < -0.4 is 9.47 Å². The minimum Gasteiger partial charge on any atom is -0.494 e. The van der Waals surface area contributed by atoms with E-state index in [1.807, 2.05) is 6.92 Å². The highest BCUT2D eigenvalue weighted by Crippen LogP contribution is 2.18. The molecule has 2 rings (SSSR count). The van der Waals surface area contributed by atoms with E-state index in [4.69, 9.17) is 9.47 Å². The summed E-state index contributed by atoms with van der Waals surface area (Å²) in [6, 6.07) is 12.7. The number of rotatable bonds is 7. The van der Waals surface area contributed by atoms with Crippen LogP contribution in [-0.2, 0) is 4.79 Å². The number of benzene rings is 2. The molecule has 0 radical (unpaired) electrons. The number of carbonyl (C=O) groups is 1. The summed E-state index contributed by atoms with van der Waals surface area (Å²) in [5.41, 5.74) is 0.512. The molecule has 124 valence electrons. The minimum atomic E-state index is -0.566. The van der Waals surface area contributed by atoms with Crippen molar-refractivity contribution in [1.82, 2.24) is 0 Å². The molecule has 0 amide bonds. The Balaban J connectivity index is 1.95. The van der Waals surface area contributed by atoms with Crippen molar-refractivity contribution in [2.24, 2.45) is 0 Å². The number of ether oxygens (including phenoxy) is 2. The Kier molecular flexibility index (Phi) is 6.08. The summed E-state index contributed by atoms with van der Waals surface area (Å²) in [4.78, 5) is 22.0. The van der Waals surface area contributed by atoms with E-state index in [1.165, 1.54) is 24.3 Å². The number of carbonyl (C=O) groups excluding carboxylic acids is 1. The second-order valence-corrected chi connectivity index (χ2v) is 4.93. The van der Waals surface area contributed by atoms with E-state index >= 15 is 0 Å². The molecule has 0 bridgehead atoms. The Bertz CT molecular complexity index is 737. The maximum atomic E-state index is 11.8. The Morgan fingerprint density at radius 1 is 1.17 bits per heavy atom. The lowest BCUT2D eigenvalue weighted by atomic mass is 10.2. The van der Waals surface area contributed by atoms with E-state index in [1.54, 1.807) is 36.4 Å². The first-order valence-corrected chi connectivity index (χ1v) is 7.45. The number of nitrogens with zero attached hydrogens (tertiary/aromatic N) is 1. The molecular weight excluding hydrogens is 310 g/mol. The zero-order valence-corrected chi connectivity index (χ0v) is 13.2. The van der Waals surface area contributed by atoms with Crippen LogP contribution in [-0.4, -0.2) is 17.5 Å². The fraction of sp³-hybridized carbons (Fsp3) is 0.167. The van der Waals surface area contributed by atoms with Crippen molar-refractivity contribution in [2.75, 3.05) is 6.61 Å². The molecule has 0 atom stereocenters. The van der Waals surface area contributed by atoms with Crippen LogP contribution >= 0.6 is 0 Å². The average molecular weight is 327 g/mol. The van der Waals surface area contributed by atoms with Gasteiger partial charge in [0.05, 0.1) is 11.5 Å². The van der Waals surface area contributed by atoms with Crippen molar-refractivity contribution < 1.29 is 19.2 Å². The third-order valence-corrected chi connectivity index (χ3v) is 3.01. The summed E-state index contributed by atoms with van der Waals surface area (Å²) in [6.07, 6.45) is 3.60. The van der Waals surface area contributed by atoms with E-state index in [0.717, 1.165) is 6.42 Å². The van der Waals surface area contributed by atoms with Gasteiger partial charge in [-0.1, -0.05) is 19.1 Å². The van der Waals surface area contributed by atoms with Crippen molar-refractivity contribution in [1.29, 1.82) is 0 Å². The van der Waals surface area contributed by atoms with Gasteiger partial charge in [-0.15, -0.1) is 0 Å². The predicted octanol–water partition coefficient (Wildman–Crippen LogP) is 4.00. The predicted molar refractivity (Wildman–Crippen MR) is 90.0 cm³/mol. The maximum Gasteiger partial charge on any atom is 0.336 e. The summed E-state index contributed by atoms with van der Waals surface area (Å²) < 4.78 is 10.6. The Morgan fingerprint density at radius 2 is 1.88 bits per heavy atom. The van der Waals surface area contributed by atoms with Gasteiger partial charge in [-0.2, -0.15) is 0 Å². The van der Waals surface area contributed by atoms with Crippen molar-refractivity contribution in [2.45, 2.75) is 13.3 Å². The van der Waals surface area contributed by atoms with Crippen molar-refractivity contribution in [3.8, 4) is 11.5 Å². The molecule has 0 N–H and O–H groups in total. The van der Waals surface area contributed by atoms with Crippen LogP contribution in [0.5, 0.6) is 11.5 Å². The summed E-state index contributed by atoms with van der Waals surface area (Å²) in [5.74, 6) is 0.542. The Labute approximate surface area is 139 Å². The van der Waals surface area contributed by atoms with E-state index in [9.17, 15) is 14.9 Å². The Morgan fingerprint density at radius 3 is 2.54 bits per heavy atom. The maximum absolute atomic E-state index is 11.8. The molecule has 0 saturated carbocycles. The molecule has 0 heterocycles. The fourth-order valence-corrected chi connectivity index (χ4v) is 1.88. The van der Waals surface area contributed by atoms with Crippen LogP contribution in [0.15, 0.2) is 54.6 Å². The van der Waals surface area contributed by atoms with Gasteiger partial charge in [0, 0.05) is 18.2 Å². The summed E-state index contributed by atoms with van der Waals surface area (Å²) in [6.45, 7) is 2.65. The number of esters is 1. The molecule has 0 aromatic heterocycles. The van der Waals surface area contributed by atoms with Gasteiger partial charge >= 0.3 is 5.97 Å². The zero-order valence-electron chi connectivity index (χ0n) is 13.2. The van der Waals surface area contributed by atoms with Crippen LogP contribution in [0.1, 0.15) is 18.9 Å². The molecule has 24 heavy (non-hydrogen) atoms. The molecule has 0 fully saturated rings. The monoisotopic (exact) mass is 327 g/mol. The van der Waals surface area contributed by atoms with Crippen LogP contribution in [0, 0.1) is 10.1 Å². The van der Waals surface area contributed by atoms with Crippen molar-refractivity contribution in [3.63, 3.8) is 0 Å². The first-order chi connectivity index (χ1) is 11.6. The topological polar surface area (TPSA) is 78.7 Å². The summed E-state index contributed by atoms with van der Waals surface area (Å²) >= 11 is 0. The number of non-ortho nitro benzene ring substituents is 1. The highest BCUT2D eigenvalue weighted by molar-refractivity contribution is 5.88. The van der Waals surface area contributed by atoms with Gasteiger partial charge < -0.3 is 9.47 Å². The van der Waals surface area contributed by atoms with Crippen molar-refractivity contribution in [3.05, 3.63) is 70.3 Å². The van der Waals surface area contributed by atoms with E-state index in [2.05, 4.69) is 0 Å². The first kappa shape index (κ1) is 17.2. The zero-order chi connectivity index (χ0) is 17.4. The second kappa shape index (κ2) is 8.47. The smallest absolute Gasteiger partial charge is 0.336 e. The highest BCUT2D eigenvalue weighted by Gasteiger charge is 2.05. The standard InChI is InChI=1S/C18H17NO5/c1-2-12-23-16-7-9-17(10-8-16)24-18(20)11-6-14-4-3-5-15(13-14)19(21)22/h3-11,13H,2,12H2,1H3/b11-6+. The number of hydrogen-bond donors (Lipinski definition) is 0. The van der Waals surface area contributed by atoms with Gasteiger partial charge in [-0.05, 0) is 42.3 Å². The van der Waals surface area contributed by atoms with Crippen LogP contribution in [0.25, 0.3) is 6.08 Å². The van der Waals surface area contributed by atoms with Gasteiger partial charge in [-0.3, -0.25) is 10.1 Å². The molecule has 6 nitrogen and oxygen atoms in total. The third kappa shape index (κ3) is 5.24. The van der Waals surface area contributed by atoms with Gasteiger partial charge in [0.15, 0.2) is 0 Å². The molecular formula is C18H17NO5. The van der Waals surface area contributed by atoms with Gasteiger partial charge in [0.2, 0.25) is 0 Å². The van der Waals surface area contributed by atoms with Gasteiger partial charge in [-0.25, -0.2) is 4.79 Å². The van der Waals surface area contributed by atoms with Gasteiger partial charge in [0.1, 0.15) is 11.5 Å². The average Bonchev–Trinajstić information content (AvgIpc) is 2.59. The van der Waals surface area contributed by atoms with E-state index in [-0.39, 0.29) is 5.69 Å². The lowest BCUT2D eigenvalue weighted by Gasteiger charge is -2.05. The summed E-state index contributed by atoms with van der Waals surface area (Å²) in [5, 5.41) is 10.7. The lowest BCUT2D eigenvalue weighted by molar-refractivity contribution is -0.384. The molecule has 0 saturated heterocycles. The number of hydrogen-bond acceptors (Lipinski definition) is 5. The lowest BCUT2D eigenvalue weighted by Crippen LogP contribution is -2.03. The molecule has 0 spiro atoms. The number of nitro groups is 1. The summed E-state index contributed by atoms with van der Waals surface area (Å²) in [7, 11) is 0. The van der Waals surface area contributed by atoms with Crippen LogP contribution in [0.3, 0.4) is 0 Å². The van der Waals surface area contributed by atoms with E-state index < -0.39 is 10.9 Å². The number of nitro benzene ring substituents is 1. The van der Waals surface area contributed by atoms with E-state index in [0.29, 0.717) is 23.7 Å². The molecule has 2 aromatic rings. The van der Waals surface area contributed by atoms with Crippen LogP contribution in [0.2, 0.25) is 0 Å². The SMILES string of the molecule is CCCOc1ccc(OC(=O)/C=C/c2cccc([N+](=O)[O-])c2)cc1. The first-order valence-electron chi connectivity index (χ1n) is 7.45. The molecule has 0 unspecified atom stereocenters. The molecule has 2 aromatic carbocycles. The minimum absolute atomic E-state index is 0.0341. The highest BCUT2D eigenvalue weighted by atomic mass is 16.6. The fourth-order valence-electron chi connectivity index (χ4n) is 1.88. The third-order valence-electron chi connectivity index (χ3n) is 3.01. The molecule has 0 aliphatic rings. The Hall–Kier alpha value is -3.15. The normalized spacial score (nSPS) is 10.5. The van der Waals surface area contributed by atoms with Crippen LogP contribution in [0.4, 0.5) is 5.69 Å². The quantitative estimate of drug-likeness (QED) is 0.252. The molecule has 0 aliphatic carbocycles. The van der Waals surface area contributed by atoms with Crippen molar-refractivity contribution >= 4 is 17.7 Å². The van der Waals surface area contributed by atoms with Gasteiger partial charge in [0.25, 0.3) is 5.69 Å². The molecule has 0 aliphatic heterocycles. The second-order valence-electron chi connectivity index (χ2n) is 4.93. The largest absolute Gasteiger partial charge is 0.494 e. The molecule has 6 heteroatoms.